The Hall–Kier alpha value is -1.58. The van der Waals surface area contributed by atoms with Gasteiger partial charge in [-0.15, -0.1) is 0 Å². The van der Waals surface area contributed by atoms with Crippen molar-refractivity contribution < 1.29 is 4.74 Å². The highest BCUT2D eigenvalue weighted by Crippen LogP contribution is 2.28. The zero-order valence-electron chi connectivity index (χ0n) is 12.5. The summed E-state index contributed by atoms with van der Waals surface area (Å²) in [4.78, 5) is 4.51. The summed E-state index contributed by atoms with van der Waals surface area (Å²) in [6.45, 7) is 6.07. The minimum absolute atomic E-state index is 0.590. The lowest BCUT2D eigenvalue weighted by atomic mass is 10.2. The third kappa shape index (κ3) is 4.73. The smallest absolute Gasteiger partial charge is 0.219 e. The van der Waals surface area contributed by atoms with E-state index in [-0.39, 0.29) is 0 Å². The topological polar surface area (TPSA) is 34.2 Å². The predicted molar refractivity (Wildman–Crippen MR) is 87.1 cm³/mol. The van der Waals surface area contributed by atoms with Gasteiger partial charge in [-0.1, -0.05) is 37.6 Å². The average Bonchev–Trinajstić information content (AvgIpc) is 2.50. The van der Waals surface area contributed by atoms with E-state index < -0.39 is 0 Å². The fourth-order valence-electron chi connectivity index (χ4n) is 2.01. The van der Waals surface area contributed by atoms with Crippen molar-refractivity contribution in [2.24, 2.45) is 0 Å². The zero-order valence-corrected chi connectivity index (χ0v) is 13.3. The number of ether oxygens (including phenoxy) is 1. The minimum atomic E-state index is 0.590. The molecule has 0 aliphatic carbocycles. The molecule has 0 radical (unpaired) electrons. The molecule has 1 heterocycles. The lowest BCUT2D eigenvalue weighted by Gasteiger charge is -2.11. The molecule has 0 atom stereocenters. The minimum Gasteiger partial charge on any atom is -0.437 e. The Morgan fingerprint density at radius 2 is 2.00 bits per heavy atom. The van der Waals surface area contributed by atoms with Gasteiger partial charge in [0.2, 0.25) is 5.88 Å². The molecular formula is C17H21ClN2O. The molecule has 0 amide bonds. The van der Waals surface area contributed by atoms with Crippen LogP contribution >= 0.6 is 11.6 Å². The molecule has 0 unspecified atom stereocenters. The summed E-state index contributed by atoms with van der Waals surface area (Å²) < 4.78 is 5.83. The van der Waals surface area contributed by atoms with Crippen LogP contribution in [0.4, 0.5) is 0 Å². The molecule has 21 heavy (non-hydrogen) atoms. The molecule has 0 aliphatic rings. The van der Waals surface area contributed by atoms with E-state index in [4.69, 9.17) is 16.3 Å². The quantitative estimate of drug-likeness (QED) is 0.760. The molecule has 0 saturated carbocycles. The molecule has 0 bridgehead atoms. The van der Waals surface area contributed by atoms with Crippen molar-refractivity contribution in [3.05, 3.63) is 52.7 Å². The molecule has 0 spiro atoms. The summed E-state index contributed by atoms with van der Waals surface area (Å²) in [5, 5.41) is 3.99. The Balaban J connectivity index is 2.18. The van der Waals surface area contributed by atoms with Crippen LogP contribution < -0.4 is 10.1 Å². The zero-order chi connectivity index (χ0) is 15.1. The Labute approximate surface area is 131 Å². The van der Waals surface area contributed by atoms with E-state index in [2.05, 4.69) is 30.2 Å². The number of para-hydroxylation sites is 1. The fourth-order valence-corrected chi connectivity index (χ4v) is 2.18. The van der Waals surface area contributed by atoms with Crippen LogP contribution in [0.1, 0.15) is 31.5 Å². The number of rotatable bonds is 7. The number of aromatic nitrogens is 1. The van der Waals surface area contributed by atoms with Gasteiger partial charge in [0.25, 0.3) is 0 Å². The fraction of sp³-hybridized carbons (Fsp3) is 0.353. The number of benzene rings is 1. The Morgan fingerprint density at radius 1 is 1.19 bits per heavy atom. The molecule has 2 rings (SSSR count). The lowest BCUT2D eigenvalue weighted by Crippen LogP contribution is -2.14. The monoisotopic (exact) mass is 304 g/mol. The number of nitrogens with one attached hydrogen (secondary N) is 1. The first-order valence-electron chi connectivity index (χ1n) is 7.35. The van der Waals surface area contributed by atoms with Crippen LogP contribution in [0.3, 0.4) is 0 Å². The first-order chi connectivity index (χ1) is 10.2. The van der Waals surface area contributed by atoms with Gasteiger partial charge in [-0.05, 0) is 43.1 Å². The van der Waals surface area contributed by atoms with E-state index in [9.17, 15) is 0 Å². The van der Waals surface area contributed by atoms with Gasteiger partial charge in [-0.3, -0.25) is 0 Å². The summed E-state index contributed by atoms with van der Waals surface area (Å²) in [5.74, 6) is 1.23. The SMILES string of the molecule is CCCNCc1cc(CC)nc(Oc2ccccc2Cl)c1. The highest BCUT2D eigenvalue weighted by atomic mass is 35.5. The Bertz CT molecular complexity index is 587. The molecule has 0 fully saturated rings. The Kier molecular flexibility index (Phi) is 6.03. The number of pyridine rings is 1. The number of halogens is 1. The summed E-state index contributed by atoms with van der Waals surface area (Å²) in [6, 6.07) is 11.5. The van der Waals surface area contributed by atoms with Crippen LogP contribution in [-0.2, 0) is 13.0 Å². The predicted octanol–water partition coefficient (Wildman–Crippen LogP) is 4.59. The summed E-state index contributed by atoms with van der Waals surface area (Å²) in [7, 11) is 0. The molecule has 1 N–H and O–H groups in total. The summed E-state index contributed by atoms with van der Waals surface area (Å²) in [6.07, 6.45) is 2.00. The molecule has 3 nitrogen and oxygen atoms in total. The maximum atomic E-state index is 6.12. The first kappa shape index (κ1) is 15.8. The normalized spacial score (nSPS) is 10.6. The molecule has 2 aromatic rings. The summed E-state index contributed by atoms with van der Waals surface area (Å²) >= 11 is 6.12. The van der Waals surface area contributed by atoms with Crippen LogP contribution in [0.25, 0.3) is 0 Å². The third-order valence-electron chi connectivity index (χ3n) is 3.08. The highest BCUT2D eigenvalue weighted by Gasteiger charge is 2.06. The first-order valence-corrected chi connectivity index (χ1v) is 7.73. The van der Waals surface area contributed by atoms with Crippen molar-refractivity contribution in [1.29, 1.82) is 0 Å². The molecular weight excluding hydrogens is 284 g/mol. The maximum absolute atomic E-state index is 6.12. The average molecular weight is 305 g/mol. The van der Waals surface area contributed by atoms with Gasteiger partial charge in [-0.25, -0.2) is 4.98 Å². The van der Waals surface area contributed by atoms with Crippen molar-refractivity contribution in [3.8, 4) is 11.6 Å². The highest BCUT2D eigenvalue weighted by molar-refractivity contribution is 6.32. The summed E-state index contributed by atoms with van der Waals surface area (Å²) in [5.41, 5.74) is 2.20. The van der Waals surface area contributed by atoms with Crippen molar-refractivity contribution in [3.63, 3.8) is 0 Å². The van der Waals surface area contributed by atoms with Crippen LogP contribution in [-0.4, -0.2) is 11.5 Å². The van der Waals surface area contributed by atoms with Crippen molar-refractivity contribution in [2.45, 2.75) is 33.2 Å². The van der Waals surface area contributed by atoms with Gasteiger partial charge < -0.3 is 10.1 Å². The van der Waals surface area contributed by atoms with Crippen LogP contribution in [0, 0.1) is 0 Å². The second kappa shape index (κ2) is 8.01. The molecule has 4 heteroatoms. The molecule has 0 aliphatic heterocycles. The van der Waals surface area contributed by atoms with E-state index in [0.717, 1.165) is 31.6 Å². The second-order valence-electron chi connectivity index (χ2n) is 4.87. The molecule has 0 saturated heterocycles. The van der Waals surface area contributed by atoms with Crippen molar-refractivity contribution in [2.75, 3.05) is 6.54 Å². The van der Waals surface area contributed by atoms with E-state index in [1.807, 2.05) is 30.3 Å². The van der Waals surface area contributed by atoms with Crippen molar-refractivity contribution >= 4 is 11.6 Å². The van der Waals surface area contributed by atoms with Crippen molar-refractivity contribution in [1.82, 2.24) is 10.3 Å². The van der Waals surface area contributed by atoms with Crippen LogP contribution in [0.2, 0.25) is 5.02 Å². The van der Waals surface area contributed by atoms with E-state index in [0.29, 0.717) is 16.7 Å². The van der Waals surface area contributed by atoms with E-state index in [1.165, 1.54) is 5.56 Å². The van der Waals surface area contributed by atoms with Crippen LogP contribution in [0.5, 0.6) is 11.6 Å². The largest absolute Gasteiger partial charge is 0.437 e. The Morgan fingerprint density at radius 3 is 2.71 bits per heavy atom. The van der Waals surface area contributed by atoms with E-state index in [1.54, 1.807) is 0 Å². The van der Waals surface area contributed by atoms with Gasteiger partial charge in [0.15, 0.2) is 0 Å². The lowest BCUT2D eigenvalue weighted by molar-refractivity contribution is 0.460. The number of hydrogen-bond acceptors (Lipinski definition) is 3. The third-order valence-corrected chi connectivity index (χ3v) is 3.40. The maximum Gasteiger partial charge on any atom is 0.219 e. The second-order valence-corrected chi connectivity index (χ2v) is 5.27. The van der Waals surface area contributed by atoms with Crippen LogP contribution in [0.15, 0.2) is 36.4 Å². The van der Waals surface area contributed by atoms with Gasteiger partial charge >= 0.3 is 0 Å². The van der Waals surface area contributed by atoms with Gasteiger partial charge in [0.05, 0.1) is 5.02 Å². The standard InChI is InChI=1S/C17H21ClN2O/c1-3-9-19-12-13-10-14(4-2)20-17(11-13)21-16-8-6-5-7-15(16)18/h5-8,10-11,19H,3-4,9,12H2,1-2H3. The molecule has 112 valence electrons. The molecule has 1 aromatic heterocycles. The van der Waals surface area contributed by atoms with Gasteiger partial charge in [0.1, 0.15) is 5.75 Å². The number of hydrogen-bond donors (Lipinski definition) is 1. The molecule has 1 aromatic carbocycles. The number of nitrogens with zero attached hydrogens (tertiary/aromatic N) is 1. The van der Waals surface area contributed by atoms with E-state index >= 15 is 0 Å². The van der Waals surface area contributed by atoms with Gasteiger partial charge in [-0.2, -0.15) is 0 Å². The number of aryl methyl sites for hydroxylation is 1. The van der Waals surface area contributed by atoms with Gasteiger partial charge in [0, 0.05) is 18.3 Å².